The average Bonchev–Trinajstić information content (AvgIpc) is 2.52. The first-order valence-electron chi connectivity index (χ1n) is 5.29. The quantitative estimate of drug-likeness (QED) is 0.581. The standard InChI is InChI=1S/C10H21N3O/c1-10(4-2-3-5-10)7-13-6-8(11)9(12)14/h8,13H,2-7,11H2,1H3,(H2,12,14). The normalized spacial score (nSPS) is 22.1. The second-order valence-corrected chi connectivity index (χ2v) is 4.66. The Morgan fingerprint density at radius 3 is 2.57 bits per heavy atom. The molecule has 0 aromatic heterocycles. The highest BCUT2D eigenvalue weighted by atomic mass is 16.1. The van der Waals surface area contributed by atoms with Crippen LogP contribution in [0.1, 0.15) is 32.6 Å². The van der Waals surface area contributed by atoms with E-state index in [1.54, 1.807) is 0 Å². The van der Waals surface area contributed by atoms with Crippen LogP contribution in [-0.4, -0.2) is 25.0 Å². The summed E-state index contributed by atoms with van der Waals surface area (Å²) in [5.74, 6) is -0.436. The van der Waals surface area contributed by atoms with Crippen LogP contribution in [-0.2, 0) is 4.79 Å². The van der Waals surface area contributed by atoms with Crippen molar-refractivity contribution < 1.29 is 4.79 Å². The topological polar surface area (TPSA) is 81.1 Å². The van der Waals surface area contributed by atoms with Gasteiger partial charge in [0.25, 0.3) is 0 Å². The average molecular weight is 199 g/mol. The van der Waals surface area contributed by atoms with E-state index in [1.165, 1.54) is 25.7 Å². The summed E-state index contributed by atoms with van der Waals surface area (Å²) in [6.07, 6.45) is 5.18. The summed E-state index contributed by atoms with van der Waals surface area (Å²) in [6.45, 7) is 3.71. The first-order valence-corrected chi connectivity index (χ1v) is 5.29. The van der Waals surface area contributed by atoms with Gasteiger partial charge in [-0.2, -0.15) is 0 Å². The molecule has 1 rings (SSSR count). The molecule has 1 amide bonds. The zero-order chi connectivity index (χ0) is 10.6. The number of hydrogen-bond acceptors (Lipinski definition) is 3. The Morgan fingerprint density at radius 1 is 1.50 bits per heavy atom. The molecule has 4 heteroatoms. The van der Waals surface area contributed by atoms with Crippen LogP contribution in [0.15, 0.2) is 0 Å². The summed E-state index contributed by atoms with van der Waals surface area (Å²) in [6, 6.07) is -0.556. The summed E-state index contributed by atoms with van der Waals surface area (Å²) in [4.78, 5) is 10.7. The van der Waals surface area contributed by atoms with E-state index in [9.17, 15) is 4.79 Å². The van der Waals surface area contributed by atoms with Gasteiger partial charge in [-0.15, -0.1) is 0 Å². The molecule has 82 valence electrons. The van der Waals surface area contributed by atoms with Crippen molar-refractivity contribution in [2.45, 2.75) is 38.6 Å². The molecule has 1 saturated carbocycles. The molecule has 0 aromatic carbocycles. The number of carbonyl (C=O) groups is 1. The molecule has 1 aliphatic carbocycles. The Bertz CT molecular complexity index is 200. The molecule has 0 spiro atoms. The van der Waals surface area contributed by atoms with Crippen molar-refractivity contribution in [1.29, 1.82) is 0 Å². The third-order valence-electron chi connectivity index (χ3n) is 3.09. The van der Waals surface area contributed by atoms with Crippen LogP contribution in [0.2, 0.25) is 0 Å². The van der Waals surface area contributed by atoms with Crippen LogP contribution < -0.4 is 16.8 Å². The minimum Gasteiger partial charge on any atom is -0.368 e. The molecule has 4 nitrogen and oxygen atoms in total. The van der Waals surface area contributed by atoms with Gasteiger partial charge in [0.2, 0.25) is 5.91 Å². The summed E-state index contributed by atoms with van der Waals surface area (Å²) in [5, 5.41) is 3.22. The number of rotatable bonds is 5. The van der Waals surface area contributed by atoms with Crippen molar-refractivity contribution in [3.63, 3.8) is 0 Å². The minimum absolute atomic E-state index is 0.400. The summed E-state index contributed by atoms with van der Waals surface area (Å²) < 4.78 is 0. The number of primary amides is 1. The number of nitrogens with two attached hydrogens (primary N) is 2. The monoisotopic (exact) mass is 199 g/mol. The fourth-order valence-electron chi connectivity index (χ4n) is 2.04. The third-order valence-corrected chi connectivity index (χ3v) is 3.09. The van der Waals surface area contributed by atoms with Gasteiger partial charge < -0.3 is 16.8 Å². The maximum atomic E-state index is 10.7. The first kappa shape index (κ1) is 11.5. The number of carbonyl (C=O) groups excluding carboxylic acids is 1. The van der Waals surface area contributed by atoms with Gasteiger partial charge in [0.1, 0.15) is 0 Å². The van der Waals surface area contributed by atoms with Gasteiger partial charge in [-0.05, 0) is 18.3 Å². The highest BCUT2D eigenvalue weighted by molar-refractivity contribution is 5.79. The lowest BCUT2D eigenvalue weighted by atomic mass is 9.89. The molecular weight excluding hydrogens is 178 g/mol. The Labute approximate surface area is 85.4 Å². The Kier molecular flexibility index (Phi) is 3.89. The summed E-state index contributed by atoms with van der Waals surface area (Å²) >= 11 is 0. The van der Waals surface area contributed by atoms with Crippen molar-refractivity contribution in [3.8, 4) is 0 Å². The largest absolute Gasteiger partial charge is 0.368 e. The molecular formula is C10H21N3O. The predicted molar refractivity (Wildman–Crippen MR) is 56.6 cm³/mol. The first-order chi connectivity index (χ1) is 6.53. The Morgan fingerprint density at radius 2 is 2.07 bits per heavy atom. The van der Waals surface area contributed by atoms with Gasteiger partial charge in [-0.1, -0.05) is 19.8 Å². The Balaban J connectivity index is 2.17. The van der Waals surface area contributed by atoms with E-state index < -0.39 is 11.9 Å². The predicted octanol–water partition coefficient (Wildman–Crippen LogP) is -0.0311. The maximum absolute atomic E-state index is 10.7. The fraction of sp³-hybridized carbons (Fsp3) is 0.900. The van der Waals surface area contributed by atoms with Crippen LogP contribution in [0.3, 0.4) is 0 Å². The lowest BCUT2D eigenvalue weighted by Crippen LogP contribution is -2.46. The third kappa shape index (κ3) is 3.27. The second-order valence-electron chi connectivity index (χ2n) is 4.66. The van der Waals surface area contributed by atoms with Gasteiger partial charge in [0, 0.05) is 13.1 Å². The molecule has 5 N–H and O–H groups in total. The summed E-state index contributed by atoms with van der Waals surface area (Å²) in [7, 11) is 0. The molecule has 1 aliphatic rings. The van der Waals surface area contributed by atoms with E-state index in [0.29, 0.717) is 12.0 Å². The second kappa shape index (κ2) is 4.75. The van der Waals surface area contributed by atoms with Gasteiger partial charge >= 0.3 is 0 Å². The van der Waals surface area contributed by atoms with E-state index in [1.807, 2.05) is 0 Å². The molecule has 0 aliphatic heterocycles. The molecule has 0 saturated heterocycles. The minimum atomic E-state index is -0.556. The van der Waals surface area contributed by atoms with E-state index in [0.717, 1.165) is 6.54 Å². The van der Waals surface area contributed by atoms with Crippen LogP contribution >= 0.6 is 0 Å². The van der Waals surface area contributed by atoms with Crippen LogP contribution in [0, 0.1) is 5.41 Å². The van der Waals surface area contributed by atoms with Crippen molar-refractivity contribution in [3.05, 3.63) is 0 Å². The van der Waals surface area contributed by atoms with Crippen molar-refractivity contribution in [1.82, 2.24) is 5.32 Å². The van der Waals surface area contributed by atoms with Gasteiger partial charge in [0.05, 0.1) is 6.04 Å². The van der Waals surface area contributed by atoms with E-state index in [4.69, 9.17) is 11.5 Å². The van der Waals surface area contributed by atoms with E-state index in [2.05, 4.69) is 12.2 Å². The molecule has 0 aromatic rings. The van der Waals surface area contributed by atoms with Crippen molar-refractivity contribution in [2.24, 2.45) is 16.9 Å². The lowest BCUT2D eigenvalue weighted by Gasteiger charge is -2.24. The Hall–Kier alpha value is -0.610. The number of amides is 1. The number of nitrogens with one attached hydrogen (secondary N) is 1. The van der Waals surface area contributed by atoms with Crippen LogP contribution in [0.4, 0.5) is 0 Å². The van der Waals surface area contributed by atoms with Gasteiger partial charge in [-0.25, -0.2) is 0 Å². The van der Waals surface area contributed by atoms with Crippen molar-refractivity contribution >= 4 is 5.91 Å². The number of hydrogen-bond donors (Lipinski definition) is 3. The molecule has 1 atom stereocenters. The fourth-order valence-corrected chi connectivity index (χ4v) is 2.04. The molecule has 1 fully saturated rings. The summed E-state index contributed by atoms with van der Waals surface area (Å²) in [5.41, 5.74) is 11.0. The van der Waals surface area contributed by atoms with Crippen LogP contribution in [0.25, 0.3) is 0 Å². The van der Waals surface area contributed by atoms with Crippen LogP contribution in [0.5, 0.6) is 0 Å². The molecule has 0 radical (unpaired) electrons. The molecule has 0 heterocycles. The zero-order valence-electron chi connectivity index (χ0n) is 8.88. The maximum Gasteiger partial charge on any atom is 0.235 e. The molecule has 1 unspecified atom stereocenters. The van der Waals surface area contributed by atoms with E-state index in [-0.39, 0.29) is 0 Å². The van der Waals surface area contributed by atoms with Gasteiger partial charge in [0.15, 0.2) is 0 Å². The van der Waals surface area contributed by atoms with Crippen molar-refractivity contribution in [2.75, 3.05) is 13.1 Å². The smallest absolute Gasteiger partial charge is 0.235 e. The molecule has 0 bridgehead atoms. The lowest BCUT2D eigenvalue weighted by molar-refractivity contribution is -0.119. The SMILES string of the molecule is CC1(CNCC(N)C(N)=O)CCCC1. The highest BCUT2D eigenvalue weighted by Crippen LogP contribution is 2.36. The van der Waals surface area contributed by atoms with E-state index >= 15 is 0 Å². The highest BCUT2D eigenvalue weighted by Gasteiger charge is 2.28. The van der Waals surface area contributed by atoms with Gasteiger partial charge in [-0.3, -0.25) is 4.79 Å². The zero-order valence-corrected chi connectivity index (χ0v) is 8.88. The molecule has 14 heavy (non-hydrogen) atoms.